The average Bonchev–Trinajstić information content (AvgIpc) is 2.46. The molecular formula is C15H21N3O. The van der Waals surface area contributed by atoms with Gasteiger partial charge in [-0.25, -0.2) is 4.79 Å². The topological polar surface area (TPSA) is 35.6 Å². The Bertz CT molecular complexity index is 433. The minimum absolute atomic E-state index is 0.00320. The number of piperazine rings is 1. The van der Waals surface area contributed by atoms with Crippen molar-refractivity contribution in [3.63, 3.8) is 0 Å². The van der Waals surface area contributed by atoms with Crippen LogP contribution in [0, 0.1) is 6.92 Å². The number of nitrogens with zero attached hydrogens (tertiary/aromatic N) is 2. The summed E-state index contributed by atoms with van der Waals surface area (Å²) in [5, 5.41) is 2.81. The molecule has 2 amide bonds. The molecule has 1 aliphatic heterocycles. The fourth-order valence-electron chi connectivity index (χ4n) is 2.19. The predicted molar refractivity (Wildman–Crippen MR) is 78.6 cm³/mol. The first-order valence-corrected chi connectivity index (χ1v) is 6.66. The molecule has 4 heteroatoms. The molecule has 1 N–H and O–H groups in total. The van der Waals surface area contributed by atoms with E-state index in [0.717, 1.165) is 26.2 Å². The van der Waals surface area contributed by atoms with E-state index >= 15 is 0 Å². The number of nitrogens with one attached hydrogen (secondary N) is 1. The Kier molecular flexibility index (Phi) is 4.44. The van der Waals surface area contributed by atoms with E-state index in [2.05, 4.69) is 48.0 Å². The number of hydrogen-bond acceptors (Lipinski definition) is 2. The van der Waals surface area contributed by atoms with Crippen LogP contribution in [0.2, 0.25) is 0 Å². The smallest absolute Gasteiger partial charge is 0.317 e. The first-order chi connectivity index (χ1) is 9.20. The molecule has 0 radical (unpaired) electrons. The van der Waals surface area contributed by atoms with Gasteiger partial charge in [-0.3, -0.25) is 0 Å². The third kappa shape index (κ3) is 3.50. The van der Waals surface area contributed by atoms with E-state index in [1.807, 2.05) is 4.90 Å². The highest BCUT2D eigenvalue weighted by molar-refractivity contribution is 5.74. The predicted octanol–water partition coefficient (Wildman–Crippen LogP) is 2.01. The number of benzene rings is 1. The standard InChI is InChI=1S/C15H21N3O/c1-3-8-16-15(19)18-11-9-17(10-12-18)14-6-4-13(2)5-7-14/h3-7H,1,8-12H2,2H3,(H,16,19). The van der Waals surface area contributed by atoms with Crippen LogP contribution in [0.25, 0.3) is 0 Å². The molecule has 0 unspecified atom stereocenters. The number of urea groups is 1. The van der Waals surface area contributed by atoms with Gasteiger partial charge in [0.15, 0.2) is 0 Å². The van der Waals surface area contributed by atoms with E-state index < -0.39 is 0 Å². The second-order valence-electron chi connectivity index (χ2n) is 4.78. The van der Waals surface area contributed by atoms with Crippen LogP contribution in [0.3, 0.4) is 0 Å². The molecule has 1 aromatic carbocycles. The van der Waals surface area contributed by atoms with Crippen molar-refractivity contribution in [2.45, 2.75) is 6.92 Å². The van der Waals surface area contributed by atoms with Crippen molar-refractivity contribution in [3.8, 4) is 0 Å². The highest BCUT2D eigenvalue weighted by Crippen LogP contribution is 2.16. The summed E-state index contributed by atoms with van der Waals surface area (Å²) >= 11 is 0. The molecule has 102 valence electrons. The van der Waals surface area contributed by atoms with Crippen molar-refractivity contribution in [1.29, 1.82) is 0 Å². The Hall–Kier alpha value is -1.97. The number of carbonyl (C=O) groups excluding carboxylic acids is 1. The molecule has 1 aromatic rings. The van der Waals surface area contributed by atoms with Gasteiger partial charge in [0, 0.05) is 38.4 Å². The second kappa shape index (κ2) is 6.27. The zero-order chi connectivity index (χ0) is 13.7. The van der Waals surface area contributed by atoms with Crippen LogP contribution in [0.1, 0.15) is 5.56 Å². The molecule has 4 nitrogen and oxygen atoms in total. The lowest BCUT2D eigenvalue weighted by Gasteiger charge is -2.36. The van der Waals surface area contributed by atoms with Gasteiger partial charge in [0.25, 0.3) is 0 Å². The molecular weight excluding hydrogens is 238 g/mol. The maximum atomic E-state index is 11.8. The summed E-state index contributed by atoms with van der Waals surface area (Å²) in [7, 11) is 0. The Morgan fingerprint density at radius 3 is 2.47 bits per heavy atom. The number of amides is 2. The minimum Gasteiger partial charge on any atom is -0.368 e. The summed E-state index contributed by atoms with van der Waals surface area (Å²) in [5.41, 5.74) is 2.50. The molecule has 0 aliphatic carbocycles. The molecule has 1 heterocycles. The van der Waals surface area contributed by atoms with Crippen LogP contribution >= 0.6 is 0 Å². The van der Waals surface area contributed by atoms with Gasteiger partial charge in [0.1, 0.15) is 0 Å². The summed E-state index contributed by atoms with van der Waals surface area (Å²) in [6, 6.07) is 8.53. The molecule has 0 spiro atoms. The van der Waals surface area contributed by atoms with Gasteiger partial charge in [0.05, 0.1) is 0 Å². The second-order valence-corrected chi connectivity index (χ2v) is 4.78. The SMILES string of the molecule is C=CCNC(=O)N1CCN(c2ccc(C)cc2)CC1. The number of aryl methyl sites for hydroxylation is 1. The van der Waals surface area contributed by atoms with E-state index in [1.165, 1.54) is 11.3 Å². The molecule has 0 aromatic heterocycles. The van der Waals surface area contributed by atoms with Crippen LogP contribution in [0.5, 0.6) is 0 Å². The summed E-state index contributed by atoms with van der Waals surface area (Å²) < 4.78 is 0. The third-order valence-electron chi connectivity index (χ3n) is 3.36. The zero-order valence-corrected chi connectivity index (χ0v) is 11.4. The van der Waals surface area contributed by atoms with Gasteiger partial charge in [-0.2, -0.15) is 0 Å². The van der Waals surface area contributed by atoms with Crippen molar-refractivity contribution in [2.24, 2.45) is 0 Å². The number of carbonyl (C=O) groups is 1. The van der Waals surface area contributed by atoms with Crippen molar-refractivity contribution >= 4 is 11.7 Å². The highest BCUT2D eigenvalue weighted by Gasteiger charge is 2.20. The van der Waals surface area contributed by atoms with E-state index in [0.29, 0.717) is 6.54 Å². The van der Waals surface area contributed by atoms with Gasteiger partial charge in [-0.05, 0) is 19.1 Å². The maximum absolute atomic E-state index is 11.8. The van der Waals surface area contributed by atoms with Crippen LogP contribution in [0.4, 0.5) is 10.5 Å². The molecule has 19 heavy (non-hydrogen) atoms. The Morgan fingerprint density at radius 1 is 1.26 bits per heavy atom. The van der Waals surface area contributed by atoms with Gasteiger partial charge in [-0.1, -0.05) is 23.8 Å². The van der Waals surface area contributed by atoms with E-state index in [9.17, 15) is 4.79 Å². The normalized spacial score (nSPS) is 15.2. The lowest BCUT2D eigenvalue weighted by molar-refractivity contribution is 0.195. The van der Waals surface area contributed by atoms with Crippen LogP contribution < -0.4 is 10.2 Å². The highest BCUT2D eigenvalue weighted by atomic mass is 16.2. The molecule has 0 atom stereocenters. The number of anilines is 1. The largest absolute Gasteiger partial charge is 0.368 e. The van der Waals surface area contributed by atoms with Gasteiger partial charge >= 0.3 is 6.03 Å². The van der Waals surface area contributed by atoms with E-state index in [1.54, 1.807) is 6.08 Å². The molecule has 0 saturated carbocycles. The molecule has 1 aliphatic rings. The summed E-state index contributed by atoms with van der Waals surface area (Å²) in [5.74, 6) is 0. The first kappa shape index (κ1) is 13.5. The lowest BCUT2D eigenvalue weighted by Crippen LogP contribution is -2.51. The van der Waals surface area contributed by atoms with Crippen molar-refractivity contribution in [3.05, 3.63) is 42.5 Å². The van der Waals surface area contributed by atoms with E-state index in [-0.39, 0.29) is 6.03 Å². The van der Waals surface area contributed by atoms with Crippen LogP contribution in [-0.2, 0) is 0 Å². The first-order valence-electron chi connectivity index (χ1n) is 6.66. The van der Waals surface area contributed by atoms with Gasteiger partial charge in [0.2, 0.25) is 0 Å². The fraction of sp³-hybridized carbons (Fsp3) is 0.400. The lowest BCUT2D eigenvalue weighted by atomic mass is 10.2. The molecule has 1 fully saturated rings. The van der Waals surface area contributed by atoms with Gasteiger partial charge < -0.3 is 15.1 Å². The molecule has 2 rings (SSSR count). The monoisotopic (exact) mass is 259 g/mol. The Morgan fingerprint density at radius 2 is 1.89 bits per heavy atom. The molecule has 0 bridgehead atoms. The summed E-state index contributed by atoms with van der Waals surface area (Å²) in [6.45, 7) is 9.49. The minimum atomic E-state index is 0.00320. The summed E-state index contributed by atoms with van der Waals surface area (Å²) in [4.78, 5) is 16.0. The Balaban J connectivity index is 1.86. The Labute approximate surface area is 114 Å². The van der Waals surface area contributed by atoms with Gasteiger partial charge in [-0.15, -0.1) is 6.58 Å². The van der Waals surface area contributed by atoms with Crippen molar-refractivity contribution in [2.75, 3.05) is 37.6 Å². The number of rotatable bonds is 3. The van der Waals surface area contributed by atoms with Crippen LogP contribution in [-0.4, -0.2) is 43.7 Å². The van der Waals surface area contributed by atoms with E-state index in [4.69, 9.17) is 0 Å². The third-order valence-corrected chi connectivity index (χ3v) is 3.36. The molecule has 1 saturated heterocycles. The van der Waals surface area contributed by atoms with Crippen molar-refractivity contribution in [1.82, 2.24) is 10.2 Å². The van der Waals surface area contributed by atoms with Crippen molar-refractivity contribution < 1.29 is 4.79 Å². The number of hydrogen-bond donors (Lipinski definition) is 1. The maximum Gasteiger partial charge on any atom is 0.317 e. The van der Waals surface area contributed by atoms with Crippen LogP contribution in [0.15, 0.2) is 36.9 Å². The zero-order valence-electron chi connectivity index (χ0n) is 11.4. The fourth-order valence-corrected chi connectivity index (χ4v) is 2.19. The average molecular weight is 259 g/mol. The summed E-state index contributed by atoms with van der Waals surface area (Å²) in [6.07, 6.45) is 1.69. The quantitative estimate of drug-likeness (QED) is 0.843.